The van der Waals surface area contributed by atoms with Crippen LogP contribution >= 0.6 is 22.9 Å². The normalized spacial score (nSPS) is 20.7. The molecule has 2 aromatic heterocycles. The summed E-state index contributed by atoms with van der Waals surface area (Å²) in [6, 6.07) is 11.4. The third-order valence-electron chi connectivity index (χ3n) is 6.58. The zero-order chi connectivity index (χ0) is 23.7. The fraction of sp³-hybridized carbons (Fsp3) is 0.385. The van der Waals surface area contributed by atoms with Crippen LogP contribution in [0, 0.1) is 5.92 Å². The maximum Gasteiger partial charge on any atom is 0.253 e. The Morgan fingerprint density at radius 2 is 1.88 bits per heavy atom. The highest BCUT2D eigenvalue weighted by Crippen LogP contribution is 2.37. The third kappa shape index (κ3) is 5.13. The summed E-state index contributed by atoms with van der Waals surface area (Å²) in [4.78, 5) is 19.9. The van der Waals surface area contributed by atoms with E-state index in [-0.39, 0.29) is 18.1 Å². The SMILES string of the molecule is O=C(c1ccc(-c2cc(-c3ccnc(OCC4CC(O)C4)c3)cs2)c(Cl)c1)N1CCC(O)CC1. The van der Waals surface area contributed by atoms with E-state index in [4.69, 9.17) is 16.3 Å². The van der Waals surface area contributed by atoms with Gasteiger partial charge >= 0.3 is 0 Å². The molecule has 6 nitrogen and oxygen atoms in total. The van der Waals surface area contributed by atoms with Gasteiger partial charge in [-0.15, -0.1) is 11.3 Å². The lowest BCUT2D eigenvalue weighted by Gasteiger charge is -2.30. The number of carbonyl (C=O) groups excluding carboxylic acids is 1. The van der Waals surface area contributed by atoms with Gasteiger partial charge in [0.1, 0.15) is 0 Å². The van der Waals surface area contributed by atoms with Crippen LogP contribution in [0.2, 0.25) is 5.02 Å². The molecule has 0 spiro atoms. The number of aromatic nitrogens is 1. The minimum Gasteiger partial charge on any atom is -0.477 e. The second-order valence-corrected chi connectivity index (χ2v) is 10.4. The van der Waals surface area contributed by atoms with Crippen molar-refractivity contribution in [2.45, 2.75) is 37.9 Å². The van der Waals surface area contributed by atoms with Crippen molar-refractivity contribution in [3.05, 3.63) is 58.6 Å². The molecule has 1 aliphatic heterocycles. The molecule has 5 rings (SSSR count). The number of benzene rings is 1. The van der Waals surface area contributed by atoms with Gasteiger partial charge in [-0.3, -0.25) is 4.79 Å². The highest BCUT2D eigenvalue weighted by Gasteiger charge is 2.27. The van der Waals surface area contributed by atoms with Crippen LogP contribution in [0.15, 0.2) is 48.0 Å². The van der Waals surface area contributed by atoms with Crippen molar-refractivity contribution in [1.29, 1.82) is 0 Å². The topological polar surface area (TPSA) is 82.9 Å². The Bertz CT molecular complexity index is 1170. The number of hydrogen-bond acceptors (Lipinski definition) is 6. The van der Waals surface area contributed by atoms with E-state index in [9.17, 15) is 15.0 Å². The lowest BCUT2D eigenvalue weighted by molar-refractivity contribution is 0.0195. The lowest BCUT2D eigenvalue weighted by atomic mass is 9.83. The third-order valence-corrected chi connectivity index (χ3v) is 7.85. The van der Waals surface area contributed by atoms with Crippen LogP contribution in [-0.2, 0) is 0 Å². The number of halogens is 1. The van der Waals surface area contributed by atoms with Gasteiger partial charge in [0, 0.05) is 41.4 Å². The highest BCUT2D eigenvalue weighted by molar-refractivity contribution is 7.14. The number of rotatable bonds is 6. The Morgan fingerprint density at radius 1 is 1.09 bits per heavy atom. The van der Waals surface area contributed by atoms with Crippen molar-refractivity contribution in [3.8, 4) is 27.4 Å². The monoisotopic (exact) mass is 498 g/mol. The first-order valence-electron chi connectivity index (χ1n) is 11.6. The van der Waals surface area contributed by atoms with E-state index in [0.29, 0.717) is 54.9 Å². The van der Waals surface area contributed by atoms with Gasteiger partial charge in [-0.1, -0.05) is 17.7 Å². The molecule has 0 atom stereocenters. The van der Waals surface area contributed by atoms with Crippen LogP contribution < -0.4 is 4.74 Å². The van der Waals surface area contributed by atoms with E-state index in [0.717, 1.165) is 34.4 Å². The van der Waals surface area contributed by atoms with E-state index in [1.165, 1.54) is 0 Å². The Balaban J connectivity index is 1.28. The van der Waals surface area contributed by atoms with Gasteiger partial charge < -0.3 is 19.8 Å². The summed E-state index contributed by atoms with van der Waals surface area (Å²) in [5.74, 6) is 0.928. The van der Waals surface area contributed by atoms with Crippen LogP contribution in [0.3, 0.4) is 0 Å². The molecule has 34 heavy (non-hydrogen) atoms. The Labute approximate surface area is 207 Å². The van der Waals surface area contributed by atoms with Gasteiger partial charge in [0.2, 0.25) is 5.88 Å². The molecule has 3 aromatic rings. The molecule has 1 amide bonds. The quantitative estimate of drug-likeness (QED) is 0.506. The molecule has 1 saturated heterocycles. The number of pyridine rings is 1. The average molecular weight is 499 g/mol. The molecular weight excluding hydrogens is 472 g/mol. The number of aliphatic hydroxyl groups is 2. The fourth-order valence-electron chi connectivity index (χ4n) is 4.44. The van der Waals surface area contributed by atoms with Gasteiger partial charge in [-0.25, -0.2) is 4.98 Å². The van der Waals surface area contributed by atoms with Gasteiger partial charge in [-0.2, -0.15) is 0 Å². The number of amides is 1. The van der Waals surface area contributed by atoms with Gasteiger partial charge in [-0.05, 0) is 72.4 Å². The minimum atomic E-state index is -0.317. The van der Waals surface area contributed by atoms with E-state index in [2.05, 4.69) is 16.4 Å². The maximum absolute atomic E-state index is 12.8. The van der Waals surface area contributed by atoms with E-state index < -0.39 is 0 Å². The van der Waals surface area contributed by atoms with Crippen LogP contribution in [0.5, 0.6) is 5.88 Å². The van der Waals surface area contributed by atoms with Crippen molar-refractivity contribution < 1.29 is 19.7 Å². The van der Waals surface area contributed by atoms with Crippen molar-refractivity contribution in [2.24, 2.45) is 5.92 Å². The molecule has 2 N–H and O–H groups in total. The summed E-state index contributed by atoms with van der Waals surface area (Å²) < 4.78 is 5.83. The molecule has 0 bridgehead atoms. The zero-order valence-electron chi connectivity index (χ0n) is 18.7. The molecule has 0 unspecified atom stereocenters. The predicted octanol–water partition coefficient (Wildman–Crippen LogP) is 4.88. The van der Waals surface area contributed by atoms with Crippen molar-refractivity contribution in [1.82, 2.24) is 9.88 Å². The molecular formula is C26H27ClN2O4S. The molecule has 178 valence electrons. The first-order valence-corrected chi connectivity index (χ1v) is 12.8. The molecule has 0 radical (unpaired) electrons. The first-order chi connectivity index (χ1) is 16.5. The first kappa shape index (κ1) is 23.3. The van der Waals surface area contributed by atoms with Crippen molar-refractivity contribution in [2.75, 3.05) is 19.7 Å². The zero-order valence-corrected chi connectivity index (χ0v) is 20.3. The van der Waals surface area contributed by atoms with Gasteiger partial charge in [0.15, 0.2) is 0 Å². The Morgan fingerprint density at radius 3 is 2.62 bits per heavy atom. The highest BCUT2D eigenvalue weighted by atomic mass is 35.5. The van der Waals surface area contributed by atoms with Crippen molar-refractivity contribution in [3.63, 3.8) is 0 Å². The summed E-state index contributed by atoms with van der Waals surface area (Å²) in [6.45, 7) is 1.70. The summed E-state index contributed by atoms with van der Waals surface area (Å²) in [7, 11) is 0. The van der Waals surface area contributed by atoms with Gasteiger partial charge in [0.05, 0.1) is 23.8 Å². The standard InChI is InChI=1S/C26H27ClN2O4S/c27-23-11-18(26(32)29-7-4-20(30)5-8-29)1-2-22(23)24-12-19(15-34-24)17-3-6-28-25(13-17)33-14-16-9-21(31)10-16/h1-3,6,11-13,15-16,20-21,30-31H,4-5,7-10,14H2. The number of ether oxygens (including phenoxy) is 1. The molecule has 1 saturated carbocycles. The molecule has 2 fully saturated rings. The number of piperidine rings is 1. The van der Waals surface area contributed by atoms with Crippen molar-refractivity contribution >= 4 is 28.8 Å². The largest absolute Gasteiger partial charge is 0.477 e. The second kappa shape index (κ2) is 10.0. The fourth-order valence-corrected chi connectivity index (χ4v) is 5.73. The summed E-state index contributed by atoms with van der Waals surface area (Å²) in [6.07, 6.45) is 4.05. The van der Waals surface area contributed by atoms with Gasteiger partial charge in [0.25, 0.3) is 5.91 Å². The predicted molar refractivity (Wildman–Crippen MR) is 133 cm³/mol. The minimum absolute atomic E-state index is 0.0482. The summed E-state index contributed by atoms with van der Waals surface area (Å²) >= 11 is 8.19. The van der Waals surface area contributed by atoms with E-state index in [1.807, 2.05) is 24.3 Å². The van der Waals surface area contributed by atoms with Crippen LogP contribution in [-0.4, -0.2) is 57.9 Å². The maximum atomic E-state index is 12.8. The Kier molecular flexibility index (Phi) is 6.88. The molecule has 1 aromatic carbocycles. The number of nitrogens with zero attached hydrogens (tertiary/aromatic N) is 2. The summed E-state index contributed by atoms with van der Waals surface area (Å²) in [5.41, 5.74) is 3.51. The molecule has 3 heterocycles. The number of carbonyl (C=O) groups is 1. The molecule has 2 aliphatic rings. The van der Waals surface area contributed by atoms with E-state index >= 15 is 0 Å². The average Bonchev–Trinajstić information content (AvgIpc) is 3.31. The van der Waals surface area contributed by atoms with Crippen LogP contribution in [0.4, 0.5) is 0 Å². The number of aliphatic hydroxyl groups excluding tert-OH is 2. The van der Waals surface area contributed by atoms with Crippen LogP contribution in [0.1, 0.15) is 36.0 Å². The Hall–Kier alpha value is -2.45. The lowest BCUT2D eigenvalue weighted by Crippen LogP contribution is -2.40. The van der Waals surface area contributed by atoms with E-state index in [1.54, 1.807) is 28.5 Å². The number of thiophene rings is 1. The number of hydrogen-bond donors (Lipinski definition) is 2. The second-order valence-electron chi connectivity index (χ2n) is 9.10. The molecule has 1 aliphatic carbocycles. The molecule has 8 heteroatoms. The van der Waals surface area contributed by atoms with Crippen LogP contribution in [0.25, 0.3) is 21.6 Å². The summed E-state index contributed by atoms with van der Waals surface area (Å²) in [5, 5.41) is 21.7. The number of likely N-dealkylation sites (tertiary alicyclic amines) is 1. The smallest absolute Gasteiger partial charge is 0.253 e.